The Hall–Kier alpha value is -3.18. The lowest BCUT2D eigenvalue weighted by atomic mass is 10.1. The van der Waals surface area contributed by atoms with E-state index in [1.54, 1.807) is 0 Å². The second-order valence-corrected chi connectivity index (χ2v) is 4.96. The molecule has 3 rings (SSSR count). The molecule has 0 aromatic heterocycles. The fourth-order valence-electron chi connectivity index (χ4n) is 2.17. The van der Waals surface area contributed by atoms with Gasteiger partial charge in [-0.3, -0.25) is 0 Å². The van der Waals surface area contributed by atoms with Crippen molar-refractivity contribution in [3.05, 3.63) is 90.5 Å². The smallest absolute Gasteiger partial charge is 0.184 e. The van der Waals surface area contributed by atoms with E-state index in [1.807, 2.05) is 84.9 Å². The van der Waals surface area contributed by atoms with E-state index in [2.05, 4.69) is 5.92 Å². The predicted molar refractivity (Wildman–Crippen MR) is 91.6 cm³/mol. The number of terminal acetylenes is 1. The van der Waals surface area contributed by atoms with Crippen molar-refractivity contribution in [1.29, 1.82) is 0 Å². The Morgan fingerprint density at radius 3 is 1.78 bits per heavy atom. The van der Waals surface area contributed by atoms with Gasteiger partial charge in [-0.2, -0.15) is 0 Å². The highest BCUT2D eigenvalue weighted by Crippen LogP contribution is 2.26. The SMILES string of the molecule is C#CC(Oc1ccc(Oc2ccccc2)cc1)c1ccccc1. The van der Waals surface area contributed by atoms with Gasteiger partial charge in [0.15, 0.2) is 6.10 Å². The second kappa shape index (κ2) is 7.20. The Kier molecular flexibility index (Phi) is 4.61. The summed E-state index contributed by atoms with van der Waals surface area (Å²) in [6.45, 7) is 0. The van der Waals surface area contributed by atoms with Crippen LogP contribution >= 0.6 is 0 Å². The van der Waals surface area contributed by atoms with Crippen LogP contribution in [0.25, 0.3) is 0 Å². The summed E-state index contributed by atoms with van der Waals surface area (Å²) in [5.41, 5.74) is 0.958. The lowest BCUT2D eigenvalue weighted by molar-refractivity contribution is 0.265. The third kappa shape index (κ3) is 3.93. The van der Waals surface area contributed by atoms with Crippen molar-refractivity contribution in [1.82, 2.24) is 0 Å². The Balaban J connectivity index is 1.69. The molecule has 2 heteroatoms. The molecular weight excluding hydrogens is 284 g/mol. The molecule has 0 radical (unpaired) electrons. The molecule has 3 aromatic carbocycles. The average molecular weight is 300 g/mol. The fourth-order valence-corrected chi connectivity index (χ4v) is 2.17. The maximum absolute atomic E-state index is 5.86. The molecule has 112 valence electrons. The summed E-state index contributed by atoms with van der Waals surface area (Å²) in [5.74, 6) is 4.92. The van der Waals surface area contributed by atoms with E-state index < -0.39 is 6.10 Å². The van der Waals surface area contributed by atoms with Crippen LogP contribution in [0.2, 0.25) is 0 Å². The van der Waals surface area contributed by atoms with Crippen molar-refractivity contribution in [3.63, 3.8) is 0 Å². The number of ether oxygens (including phenoxy) is 2. The summed E-state index contributed by atoms with van der Waals surface area (Å²) in [6, 6.07) is 26.8. The van der Waals surface area contributed by atoms with Gasteiger partial charge >= 0.3 is 0 Å². The van der Waals surface area contributed by atoms with Gasteiger partial charge in [-0.25, -0.2) is 0 Å². The number of hydrogen-bond donors (Lipinski definition) is 0. The first-order valence-corrected chi connectivity index (χ1v) is 7.36. The van der Waals surface area contributed by atoms with Crippen LogP contribution in [0.15, 0.2) is 84.9 Å². The minimum absolute atomic E-state index is 0.405. The van der Waals surface area contributed by atoms with E-state index in [0.29, 0.717) is 5.75 Å². The first kappa shape index (κ1) is 14.7. The standard InChI is InChI=1S/C21H16O2/c1-2-21(17-9-5-3-6-10-17)23-20-15-13-19(14-16-20)22-18-11-7-4-8-12-18/h1,3-16,21H. The quantitative estimate of drug-likeness (QED) is 0.600. The normalized spacial score (nSPS) is 11.3. The molecule has 0 spiro atoms. The molecule has 0 saturated carbocycles. The first-order chi connectivity index (χ1) is 11.3. The highest BCUT2D eigenvalue weighted by Gasteiger charge is 2.09. The number of benzene rings is 3. The average Bonchev–Trinajstić information content (AvgIpc) is 2.63. The molecule has 0 bridgehead atoms. The van der Waals surface area contributed by atoms with Crippen molar-refractivity contribution in [2.24, 2.45) is 0 Å². The van der Waals surface area contributed by atoms with Crippen molar-refractivity contribution >= 4 is 0 Å². The molecular formula is C21H16O2. The highest BCUT2D eigenvalue weighted by molar-refractivity contribution is 5.36. The zero-order valence-electron chi connectivity index (χ0n) is 12.6. The zero-order chi connectivity index (χ0) is 15.9. The molecule has 0 heterocycles. The molecule has 0 fully saturated rings. The Labute approximate surface area is 136 Å². The van der Waals surface area contributed by atoms with E-state index in [-0.39, 0.29) is 0 Å². The third-order valence-electron chi connectivity index (χ3n) is 3.31. The summed E-state index contributed by atoms with van der Waals surface area (Å²) >= 11 is 0. The summed E-state index contributed by atoms with van der Waals surface area (Å²) in [7, 11) is 0. The summed E-state index contributed by atoms with van der Waals surface area (Å²) in [5, 5.41) is 0. The first-order valence-electron chi connectivity index (χ1n) is 7.36. The van der Waals surface area contributed by atoms with Gasteiger partial charge in [0, 0.05) is 5.56 Å². The second-order valence-electron chi connectivity index (χ2n) is 4.96. The third-order valence-corrected chi connectivity index (χ3v) is 3.31. The van der Waals surface area contributed by atoms with E-state index in [0.717, 1.165) is 17.1 Å². The van der Waals surface area contributed by atoms with Crippen LogP contribution in [-0.2, 0) is 0 Å². The molecule has 3 aromatic rings. The van der Waals surface area contributed by atoms with Gasteiger partial charge in [-0.15, -0.1) is 6.42 Å². The monoisotopic (exact) mass is 300 g/mol. The van der Waals surface area contributed by atoms with Gasteiger partial charge < -0.3 is 9.47 Å². The fraction of sp³-hybridized carbons (Fsp3) is 0.0476. The van der Waals surface area contributed by atoms with Crippen LogP contribution in [0.4, 0.5) is 0 Å². The molecule has 0 saturated heterocycles. The summed E-state index contributed by atoms with van der Waals surface area (Å²) < 4.78 is 11.6. The molecule has 0 N–H and O–H groups in total. The van der Waals surface area contributed by atoms with Crippen molar-refractivity contribution in [2.45, 2.75) is 6.10 Å². The summed E-state index contributed by atoms with van der Waals surface area (Å²) in [6.07, 6.45) is 5.18. The van der Waals surface area contributed by atoms with Crippen molar-refractivity contribution in [3.8, 4) is 29.6 Å². The molecule has 0 aliphatic carbocycles. The van der Waals surface area contributed by atoms with Crippen LogP contribution < -0.4 is 9.47 Å². The van der Waals surface area contributed by atoms with Gasteiger partial charge in [0.2, 0.25) is 0 Å². The number of rotatable bonds is 5. The molecule has 1 unspecified atom stereocenters. The molecule has 23 heavy (non-hydrogen) atoms. The van der Waals surface area contributed by atoms with Gasteiger partial charge in [0.1, 0.15) is 17.2 Å². The molecule has 2 nitrogen and oxygen atoms in total. The number of hydrogen-bond acceptors (Lipinski definition) is 2. The number of para-hydroxylation sites is 1. The van der Waals surface area contributed by atoms with Gasteiger partial charge in [-0.05, 0) is 36.4 Å². The predicted octanol–water partition coefficient (Wildman–Crippen LogP) is 5.23. The Morgan fingerprint density at radius 2 is 1.17 bits per heavy atom. The van der Waals surface area contributed by atoms with E-state index >= 15 is 0 Å². The van der Waals surface area contributed by atoms with Crippen LogP contribution in [-0.4, -0.2) is 0 Å². The molecule has 1 atom stereocenters. The maximum atomic E-state index is 5.86. The lowest BCUT2D eigenvalue weighted by Gasteiger charge is -2.14. The van der Waals surface area contributed by atoms with Crippen LogP contribution in [0.3, 0.4) is 0 Å². The minimum atomic E-state index is -0.405. The van der Waals surface area contributed by atoms with Gasteiger partial charge in [0.25, 0.3) is 0 Å². The molecule has 0 aliphatic heterocycles. The molecule has 0 amide bonds. The largest absolute Gasteiger partial charge is 0.473 e. The zero-order valence-corrected chi connectivity index (χ0v) is 12.6. The van der Waals surface area contributed by atoms with E-state index in [4.69, 9.17) is 15.9 Å². The maximum Gasteiger partial charge on any atom is 0.184 e. The van der Waals surface area contributed by atoms with Crippen molar-refractivity contribution in [2.75, 3.05) is 0 Å². The van der Waals surface area contributed by atoms with Crippen LogP contribution in [0, 0.1) is 12.3 Å². The Morgan fingerprint density at radius 1 is 0.652 bits per heavy atom. The van der Waals surface area contributed by atoms with Crippen LogP contribution in [0.5, 0.6) is 17.2 Å². The van der Waals surface area contributed by atoms with E-state index in [1.165, 1.54) is 0 Å². The van der Waals surface area contributed by atoms with Crippen molar-refractivity contribution < 1.29 is 9.47 Å². The van der Waals surface area contributed by atoms with Gasteiger partial charge in [-0.1, -0.05) is 54.5 Å². The molecule has 0 aliphatic rings. The summed E-state index contributed by atoms with van der Waals surface area (Å²) in [4.78, 5) is 0. The topological polar surface area (TPSA) is 18.5 Å². The van der Waals surface area contributed by atoms with Crippen LogP contribution in [0.1, 0.15) is 11.7 Å². The Bertz CT molecular complexity index is 772. The van der Waals surface area contributed by atoms with E-state index in [9.17, 15) is 0 Å². The lowest BCUT2D eigenvalue weighted by Crippen LogP contribution is -2.04. The van der Waals surface area contributed by atoms with Gasteiger partial charge in [0.05, 0.1) is 0 Å². The minimum Gasteiger partial charge on any atom is -0.473 e. The highest BCUT2D eigenvalue weighted by atomic mass is 16.5.